The summed E-state index contributed by atoms with van der Waals surface area (Å²) in [6.07, 6.45) is -6.27. The van der Waals surface area contributed by atoms with E-state index in [1.807, 2.05) is 0 Å². The minimum Gasteiger partial charge on any atom is -0.395 e. The van der Waals surface area contributed by atoms with Gasteiger partial charge in [-0.3, -0.25) is 4.79 Å². The van der Waals surface area contributed by atoms with Gasteiger partial charge < -0.3 is 24.6 Å². The maximum Gasteiger partial charge on any atom is 0.422 e. The van der Waals surface area contributed by atoms with Crippen molar-refractivity contribution < 1.29 is 37.2 Å². The first-order valence-electron chi connectivity index (χ1n) is 9.93. The van der Waals surface area contributed by atoms with E-state index in [0.29, 0.717) is 5.56 Å². The number of halogens is 3. The second-order valence-electron chi connectivity index (χ2n) is 7.06. The molecule has 176 valence electrons. The second kappa shape index (κ2) is 9.45. The van der Waals surface area contributed by atoms with Crippen molar-refractivity contribution in [2.24, 2.45) is 0 Å². The van der Waals surface area contributed by atoms with Crippen molar-refractivity contribution in [3.63, 3.8) is 0 Å². The number of rotatable bonds is 7. The molecule has 2 aromatic heterocycles. The molecule has 0 unspecified atom stereocenters. The summed E-state index contributed by atoms with van der Waals surface area (Å²) in [7, 11) is 0. The predicted octanol–water partition coefficient (Wildman–Crippen LogP) is 3.22. The summed E-state index contributed by atoms with van der Waals surface area (Å²) in [6, 6.07) is 13.5. The van der Waals surface area contributed by atoms with Crippen LogP contribution in [0.15, 0.2) is 63.6 Å². The summed E-state index contributed by atoms with van der Waals surface area (Å²) >= 11 is 0. The van der Waals surface area contributed by atoms with Gasteiger partial charge in [-0.2, -0.15) is 18.2 Å². The first kappa shape index (κ1) is 23.1. The first-order chi connectivity index (χ1) is 16.3. The fourth-order valence-corrected chi connectivity index (χ4v) is 3.17. The summed E-state index contributed by atoms with van der Waals surface area (Å²) in [6.45, 7) is -0.279. The van der Waals surface area contributed by atoms with E-state index in [-0.39, 0.29) is 30.1 Å². The number of nitrogens with one attached hydrogen (secondary N) is 1. The Labute approximate surface area is 189 Å². The van der Waals surface area contributed by atoms with Crippen LogP contribution >= 0.6 is 0 Å². The monoisotopic (exact) mass is 474 g/mol. The lowest BCUT2D eigenvalue weighted by atomic mass is 10.1. The highest BCUT2D eigenvalue weighted by Crippen LogP contribution is 2.43. The van der Waals surface area contributed by atoms with Gasteiger partial charge >= 0.3 is 6.18 Å². The molecule has 0 spiro atoms. The van der Waals surface area contributed by atoms with Crippen molar-refractivity contribution in [2.75, 3.05) is 13.2 Å². The van der Waals surface area contributed by atoms with Crippen LogP contribution < -0.4 is 5.32 Å². The van der Waals surface area contributed by atoms with E-state index < -0.39 is 41.1 Å². The number of hydrogen-bond acceptors (Lipinski definition) is 8. The van der Waals surface area contributed by atoms with E-state index >= 15 is 0 Å². The van der Waals surface area contributed by atoms with Gasteiger partial charge in [-0.15, -0.1) is 0 Å². The third kappa shape index (κ3) is 4.67. The Kier molecular flexibility index (Phi) is 6.43. The maximum absolute atomic E-state index is 13.8. The Hall–Kier alpha value is -4.03. The Morgan fingerprint density at radius 3 is 2.35 bits per heavy atom. The summed E-state index contributed by atoms with van der Waals surface area (Å²) in [4.78, 5) is 15.8. The van der Waals surface area contributed by atoms with Gasteiger partial charge in [-0.05, 0) is 5.56 Å². The molecule has 0 bridgehead atoms. The van der Waals surface area contributed by atoms with Crippen molar-refractivity contribution in [3.05, 3.63) is 65.7 Å². The summed E-state index contributed by atoms with van der Waals surface area (Å²) in [5, 5.41) is 28.4. The molecule has 2 heterocycles. The highest BCUT2D eigenvalue weighted by Gasteiger charge is 2.42. The number of alkyl halides is 3. The van der Waals surface area contributed by atoms with E-state index in [4.69, 9.17) is 14.2 Å². The van der Waals surface area contributed by atoms with Crippen molar-refractivity contribution >= 4 is 5.91 Å². The van der Waals surface area contributed by atoms with Crippen LogP contribution in [0.2, 0.25) is 0 Å². The average molecular weight is 474 g/mol. The molecule has 1 amide bonds. The summed E-state index contributed by atoms with van der Waals surface area (Å²) in [5.41, 5.74) is -0.716. The van der Waals surface area contributed by atoms with Crippen LogP contribution in [-0.4, -0.2) is 44.6 Å². The molecule has 1 atom stereocenters. The minimum atomic E-state index is -4.80. The molecule has 4 aromatic rings. The van der Waals surface area contributed by atoms with Crippen LogP contribution in [0.25, 0.3) is 34.3 Å². The number of carbonyl (C=O) groups is 1. The van der Waals surface area contributed by atoms with Crippen molar-refractivity contribution in [1.29, 1.82) is 0 Å². The third-order valence-electron chi connectivity index (χ3n) is 4.79. The quantitative estimate of drug-likeness (QED) is 0.372. The molecule has 0 radical (unpaired) electrons. The van der Waals surface area contributed by atoms with Crippen molar-refractivity contribution in [1.82, 2.24) is 20.6 Å². The van der Waals surface area contributed by atoms with E-state index in [9.17, 15) is 23.1 Å². The lowest BCUT2D eigenvalue weighted by Crippen LogP contribution is -2.31. The van der Waals surface area contributed by atoms with Gasteiger partial charge in [-0.1, -0.05) is 64.9 Å². The lowest BCUT2D eigenvalue weighted by molar-refractivity contribution is -0.137. The van der Waals surface area contributed by atoms with Crippen molar-refractivity contribution in [2.45, 2.75) is 12.3 Å². The van der Waals surface area contributed by atoms with Gasteiger partial charge in [-0.25, -0.2) is 0 Å². The molecule has 0 aliphatic heterocycles. The van der Waals surface area contributed by atoms with E-state index in [1.165, 1.54) is 36.4 Å². The van der Waals surface area contributed by atoms with E-state index in [1.54, 1.807) is 18.2 Å². The van der Waals surface area contributed by atoms with Gasteiger partial charge in [0.05, 0.1) is 6.61 Å². The summed E-state index contributed by atoms with van der Waals surface area (Å²) < 4.78 is 51.5. The Bertz CT molecular complexity index is 1270. The number of nitrogens with zero attached hydrogens (tertiary/aromatic N) is 3. The number of amides is 1. The average Bonchev–Trinajstić information content (AvgIpc) is 3.50. The van der Waals surface area contributed by atoms with Gasteiger partial charge in [0.2, 0.25) is 11.6 Å². The highest BCUT2D eigenvalue weighted by molar-refractivity contribution is 5.82. The number of benzene rings is 2. The molecule has 12 heteroatoms. The standard InChI is InChI=1S/C22H17F3N4O5/c23-22(24,25)15-16(12-4-2-1-3-5-12)28-33-18(15)21-27-19(29-34-21)14-8-6-13(7-9-14)17(31)20(32)26-10-11-30/h1-9,17,30-31H,10-11H2,(H,26,32)/t17-/m0/s1. The van der Waals surface area contributed by atoms with Gasteiger partial charge in [0.1, 0.15) is 11.3 Å². The van der Waals surface area contributed by atoms with Crippen LogP contribution in [0.4, 0.5) is 13.2 Å². The molecule has 9 nitrogen and oxygen atoms in total. The third-order valence-corrected chi connectivity index (χ3v) is 4.79. The molecule has 34 heavy (non-hydrogen) atoms. The van der Waals surface area contributed by atoms with E-state index in [2.05, 4.69) is 20.6 Å². The normalized spacial score (nSPS) is 12.5. The van der Waals surface area contributed by atoms with Gasteiger partial charge in [0, 0.05) is 17.7 Å². The minimum absolute atomic E-state index is 0.00680. The zero-order valence-corrected chi connectivity index (χ0v) is 17.3. The number of aromatic nitrogens is 3. The molecular weight excluding hydrogens is 457 g/mol. The maximum atomic E-state index is 13.8. The Morgan fingerprint density at radius 1 is 1.00 bits per heavy atom. The second-order valence-corrected chi connectivity index (χ2v) is 7.06. The molecule has 0 saturated carbocycles. The predicted molar refractivity (Wildman–Crippen MR) is 111 cm³/mol. The topological polar surface area (TPSA) is 135 Å². The molecule has 0 aliphatic carbocycles. The van der Waals surface area contributed by atoms with Crippen LogP contribution in [0.1, 0.15) is 17.2 Å². The molecule has 2 aromatic carbocycles. The molecule has 3 N–H and O–H groups in total. The SMILES string of the molecule is O=C(NCCO)[C@@H](O)c1ccc(-c2noc(-c3onc(-c4ccccc4)c3C(F)(F)F)n2)cc1. The molecule has 4 rings (SSSR count). The van der Waals surface area contributed by atoms with Gasteiger partial charge in [0.15, 0.2) is 6.10 Å². The molecule has 0 aliphatic rings. The highest BCUT2D eigenvalue weighted by atomic mass is 19.4. The number of aliphatic hydroxyl groups excluding tert-OH is 2. The number of hydrogen-bond donors (Lipinski definition) is 3. The molecular formula is C22H17F3N4O5. The first-order valence-corrected chi connectivity index (χ1v) is 9.93. The van der Waals surface area contributed by atoms with Crippen LogP contribution in [0.5, 0.6) is 0 Å². The lowest BCUT2D eigenvalue weighted by Gasteiger charge is -2.11. The number of aliphatic hydroxyl groups is 2. The largest absolute Gasteiger partial charge is 0.422 e. The fraction of sp³-hybridized carbons (Fsp3) is 0.182. The molecule has 0 fully saturated rings. The van der Waals surface area contributed by atoms with Crippen molar-refractivity contribution in [3.8, 4) is 34.3 Å². The summed E-state index contributed by atoms with van der Waals surface area (Å²) in [5.74, 6) is -1.95. The molecule has 0 saturated heterocycles. The van der Waals surface area contributed by atoms with Crippen LogP contribution in [-0.2, 0) is 11.0 Å². The van der Waals surface area contributed by atoms with E-state index in [0.717, 1.165) is 0 Å². The Morgan fingerprint density at radius 2 is 1.71 bits per heavy atom. The van der Waals surface area contributed by atoms with Crippen LogP contribution in [0.3, 0.4) is 0 Å². The fourth-order valence-electron chi connectivity index (χ4n) is 3.17. The zero-order valence-electron chi connectivity index (χ0n) is 17.3. The Balaban J connectivity index is 1.62. The smallest absolute Gasteiger partial charge is 0.395 e. The van der Waals surface area contributed by atoms with Crippen LogP contribution in [0, 0.1) is 0 Å². The zero-order chi connectivity index (χ0) is 24.3. The number of carbonyl (C=O) groups excluding carboxylic acids is 1. The van der Waals surface area contributed by atoms with Gasteiger partial charge in [0.25, 0.3) is 11.8 Å².